The number of hydrogen-bond donors (Lipinski definition) is 1. The van der Waals surface area contributed by atoms with Gasteiger partial charge in [-0.05, 0) is 41.9 Å². The van der Waals surface area contributed by atoms with E-state index >= 15 is 0 Å². The first-order valence-corrected chi connectivity index (χ1v) is 6.00. The molecule has 0 radical (unpaired) electrons. The molecule has 0 fully saturated rings. The van der Waals surface area contributed by atoms with Crippen molar-refractivity contribution >= 4 is 34.3 Å². The number of nitrogens with two attached hydrogens (primary N) is 1. The SMILES string of the molecule is COC(=O)C(C)(C)[C@@H](N)c1c(F)ccc(Br)c1F.Cl. The van der Waals surface area contributed by atoms with Gasteiger partial charge in [0, 0.05) is 5.56 Å². The number of carbonyl (C=O) groups is 1. The summed E-state index contributed by atoms with van der Waals surface area (Å²) >= 11 is 2.96. The maximum absolute atomic E-state index is 13.9. The monoisotopic (exact) mass is 357 g/mol. The minimum atomic E-state index is -1.24. The molecule has 0 saturated heterocycles. The second-order valence-corrected chi connectivity index (χ2v) is 5.30. The van der Waals surface area contributed by atoms with Crippen LogP contribution in [0.1, 0.15) is 25.5 Å². The predicted molar refractivity (Wildman–Crippen MR) is 74.0 cm³/mol. The van der Waals surface area contributed by atoms with Gasteiger partial charge < -0.3 is 10.5 Å². The van der Waals surface area contributed by atoms with Crippen molar-refractivity contribution < 1.29 is 18.3 Å². The quantitative estimate of drug-likeness (QED) is 0.666. The summed E-state index contributed by atoms with van der Waals surface area (Å²) in [7, 11) is 1.20. The van der Waals surface area contributed by atoms with Gasteiger partial charge in [-0.15, -0.1) is 12.4 Å². The molecule has 108 valence electrons. The molecule has 1 aromatic rings. The van der Waals surface area contributed by atoms with Crippen molar-refractivity contribution in [3.63, 3.8) is 0 Å². The number of carbonyl (C=O) groups excluding carboxylic acids is 1. The van der Waals surface area contributed by atoms with E-state index in [1.165, 1.54) is 27.0 Å². The van der Waals surface area contributed by atoms with Gasteiger partial charge in [0.05, 0.1) is 23.0 Å². The Morgan fingerprint density at radius 2 is 1.95 bits per heavy atom. The molecule has 0 aliphatic rings. The fraction of sp³-hybridized carbons (Fsp3) is 0.417. The van der Waals surface area contributed by atoms with E-state index in [0.29, 0.717) is 0 Å². The summed E-state index contributed by atoms with van der Waals surface area (Å²) in [6, 6.07) is 1.18. The summed E-state index contributed by atoms with van der Waals surface area (Å²) in [6.07, 6.45) is 0. The zero-order valence-electron chi connectivity index (χ0n) is 10.7. The van der Waals surface area contributed by atoms with Crippen LogP contribution < -0.4 is 5.73 Å². The molecule has 0 bridgehead atoms. The van der Waals surface area contributed by atoms with E-state index in [1.807, 2.05) is 0 Å². The summed E-state index contributed by atoms with van der Waals surface area (Å²) in [6.45, 7) is 2.95. The van der Waals surface area contributed by atoms with Gasteiger partial charge in [0.25, 0.3) is 0 Å². The first-order valence-electron chi connectivity index (χ1n) is 5.20. The Morgan fingerprint density at radius 1 is 1.42 bits per heavy atom. The van der Waals surface area contributed by atoms with Crippen molar-refractivity contribution in [1.29, 1.82) is 0 Å². The van der Waals surface area contributed by atoms with Gasteiger partial charge in [-0.2, -0.15) is 0 Å². The summed E-state index contributed by atoms with van der Waals surface area (Å²) in [5.41, 5.74) is 4.25. The van der Waals surface area contributed by atoms with Crippen LogP contribution in [0.5, 0.6) is 0 Å². The number of benzene rings is 1. The Hall–Kier alpha value is -0.720. The highest BCUT2D eigenvalue weighted by Gasteiger charge is 2.39. The van der Waals surface area contributed by atoms with E-state index < -0.39 is 29.1 Å². The van der Waals surface area contributed by atoms with Crippen molar-refractivity contribution in [3.05, 3.63) is 33.8 Å². The van der Waals surface area contributed by atoms with Crippen LogP contribution in [-0.2, 0) is 9.53 Å². The Morgan fingerprint density at radius 3 is 2.42 bits per heavy atom. The van der Waals surface area contributed by atoms with Gasteiger partial charge in [-0.1, -0.05) is 0 Å². The number of rotatable bonds is 3. The molecule has 0 saturated carbocycles. The van der Waals surface area contributed by atoms with Crippen molar-refractivity contribution in [1.82, 2.24) is 0 Å². The normalized spacial score (nSPS) is 12.6. The highest BCUT2D eigenvalue weighted by atomic mass is 79.9. The van der Waals surface area contributed by atoms with E-state index in [2.05, 4.69) is 20.7 Å². The second-order valence-electron chi connectivity index (χ2n) is 4.45. The minimum absolute atomic E-state index is 0. The first kappa shape index (κ1) is 18.3. The first-order chi connectivity index (χ1) is 8.23. The molecule has 0 amide bonds. The van der Waals surface area contributed by atoms with Crippen LogP contribution in [-0.4, -0.2) is 13.1 Å². The fourth-order valence-corrected chi connectivity index (χ4v) is 1.92. The summed E-state index contributed by atoms with van der Waals surface area (Å²) < 4.78 is 32.3. The van der Waals surface area contributed by atoms with E-state index in [4.69, 9.17) is 5.73 Å². The highest BCUT2D eigenvalue weighted by Crippen LogP contribution is 2.36. The minimum Gasteiger partial charge on any atom is -0.469 e. The Bertz CT molecular complexity index is 483. The molecule has 1 atom stereocenters. The molecule has 0 unspecified atom stereocenters. The zero-order chi connectivity index (χ0) is 14.1. The third kappa shape index (κ3) is 3.43. The molecule has 0 aliphatic heterocycles. The van der Waals surface area contributed by atoms with Crippen LogP contribution in [0.3, 0.4) is 0 Å². The van der Waals surface area contributed by atoms with E-state index in [1.54, 1.807) is 0 Å². The number of halogens is 4. The second kappa shape index (κ2) is 6.63. The molecule has 1 aromatic carbocycles. The molecule has 2 N–H and O–H groups in total. The van der Waals surface area contributed by atoms with Crippen molar-refractivity contribution in [2.24, 2.45) is 11.1 Å². The van der Waals surface area contributed by atoms with E-state index in [0.717, 1.165) is 6.07 Å². The van der Waals surface area contributed by atoms with Gasteiger partial charge in [-0.3, -0.25) is 4.79 Å². The van der Waals surface area contributed by atoms with Gasteiger partial charge >= 0.3 is 5.97 Å². The molecule has 1 rings (SSSR count). The Kier molecular flexibility index (Phi) is 6.38. The average Bonchev–Trinajstić information content (AvgIpc) is 2.33. The highest BCUT2D eigenvalue weighted by molar-refractivity contribution is 9.10. The van der Waals surface area contributed by atoms with Crippen LogP contribution in [0.4, 0.5) is 8.78 Å². The predicted octanol–water partition coefficient (Wildman–Crippen LogP) is 3.35. The van der Waals surface area contributed by atoms with Crippen molar-refractivity contribution in [3.8, 4) is 0 Å². The van der Waals surface area contributed by atoms with Crippen LogP contribution in [0.25, 0.3) is 0 Å². The third-order valence-corrected chi connectivity index (χ3v) is 3.49. The largest absolute Gasteiger partial charge is 0.469 e. The Balaban J connectivity index is 0.00000324. The van der Waals surface area contributed by atoms with Crippen LogP contribution >= 0.6 is 28.3 Å². The lowest BCUT2D eigenvalue weighted by Crippen LogP contribution is -2.38. The van der Waals surface area contributed by atoms with Crippen LogP contribution in [0.2, 0.25) is 0 Å². The lowest BCUT2D eigenvalue weighted by atomic mass is 9.80. The summed E-state index contributed by atoms with van der Waals surface area (Å²) in [4.78, 5) is 11.6. The van der Waals surface area contributed by atoms with Crippen molar-refractivity contribution in [2.75, 3.05) is 7.11 Å². The molecular formula is C12H15BrClF2NO2. The molecule has 0 heterocycles. The zero-order valence-corrected chi connectivity index (χ0v) is 13.1. The third-order valence-electron chi connectivity index (χ3n) is 2.88. The standard InChI is InChI=1S/C12H14BrF2NO2.ClH/c1-12(2,11(17)18-3)10(16)8-7(14)5-4-6(13)9(8)15;/h4-5,10H,16H2,1-3H3;1H/t10-;/m0./s1. The molecular weight excluding hydrogens is 343 g/mol. The van der Waals surface area contributed by atoms with Gasteiger partial charge in [0.2, 0.25) is 0 Å². The Labute approximate surface area is 125 Å². The molecule has 0 aliphatic carbocycles. The number of methoxy groups -OCH3 is 1. The van der Waals surface area contributed by atoms with Gasteiger partial charge in [0.1, 0.15) is 11.6 Å². The van der Waals surface area contributed by atoms with E-state index in [-0.39, 0.29) is 22.4 Å². The molecule has 19 heavy (non-hydrogen) atoms. The summed E-state index contributed by atoms with van der Waals surface area (Å²) in [5, 5.41) is 0. The summed E-state index contributed by atoms with van der Waals surface area (Å²) in [5.74, 6) is -2.23. The van der Waals surface area contributed by atoms with Crippen LogP contribution in [0.15, 0.2) is 16.6 Å². The smallest absolute Gasteiger partial charge is 0.313 e. The molecule has 0 spiro atoms. The van der Waals surface area contributed by atoms with Crippen LogP contribution in [0, 0.1) is 17.0 Å². The lowest BCUT2D eigenvalue weighted by Gasteiger charge is -2.29. The van der Waals surface area contributed by atoms with E-state index in [9.17, 15) is 13.6 Å². The topological polar surface area (TPSA) is 52.3 Å². The number of esters is 1. The molecule has 0 aromatic heterocycles. The fourth-order valence-electron chi connectivity index (χ4n) is 1.58. The molecule has 7 heteroatoms. The van der Waals surface area contributed by atoms with Gasteiger partial charge in [0.15, 0.2) is 0 Å². The number of hydrogen-bond acceptors (Lipinski definition) is 3. The average molecular weight is 359 g/mol. The maximum Gasteiger partial charge on any atom is 0.313 e. The maximum atomic E-state index is 13.9. The lowest BCUT2D eigenvalue weighted by molar-refractivity contribution is -0.152. The number of ether oxygens (including phenoxy) is 1. The van der Waals surface area contributed by atoms with Gasteiger partial charge in [-0.25, -0.2) is 8.78 Å². The molecule has 3 nitrogen and oxygen atoms in total. The van der Waals surface area contributed by atoms with Crippen molar-refractivity contribution in [2.45, 2.75) is 19.9 Å².